The average molecular weight is 427 g/mol. The molecule has 0 aromatic heterocycles. The highest BCUT2D eigenvalue weighted by Crippen LogP contribution is 2.27. The van der Waals surface area contributed by atoms with Gasteiger partial charge in [0.2, 0.25) is 0 Å². The number of thiol groups is 6. The van der Waals surface area contributed by atoms with Crippen LogP contribution in [0.15, 0.2) is 0 Å². The van der Waals surface area contributed by atoms with Gasteiger partial charge in [-0.1, -0.05) is 6.92 Å². The Hall–Kier alpha value is 2.80. The Morgan fingerprint density at radius 1 is 0.800 bits per heavy atom. The summed E-state index contributed by atoms with van der Waals surface area (Å²) in [5.74, 6) is 5.11. The maximum atomic E-state index is 4.69. The van der Waals surface area contributed by atoms with E-state index in [1.54, 1.807) is 0 Å². The molecule has 0 aliphatic rings. The first-order chi connectivity index (χ1) is 9.40. The molecule has 0 bridgehead atoms. The number of hydrogen-bond acceptors (Lipinski definition) is 8. The molecule has 0 aromatic rings. The van der Waals surface area contributed by atoms with Gasteiger partial charge in [-0.25, -0.2) is 0 Å². The Labute approximate surface area is 166 Å². The van der Waals surface area contributed by atoms with E-state index in [9.17, 15) is 0 Å². The van der Waals surface area contributed by atoms with Crippen LogP contribution in [0.1, 0.15) is 13.3 Å². The van der Waals surface area contributed by atoms with Crippen molar-refractivity contribution in [3.05, 3.63) is 0 Å². The van der Waals surface area contributed by atoms with Crippen LogP contribution in [-0.2, 0) is 0 Å². The van der Waals surface area contributed by atoms with E-state index < -0.39 is 0 Å². The zero-order valence-electron chi connectivity index (χ0n) is 11.6. The van der Waals surface area contributed by atoms with Gasteiger partial charge in [-0.15, -0.1) is 0 Å². The van der Waals surface area contributed by atoms with E-state index in [0.717, 1.165) is 35.2 Å². The van der Waals surface area contributed by atoms with Gasteiger partial charge in [0, 0.05) is 43.5 Å². The minimum atomic E-state index is 0.150. The fourth-order valence-electron chi connectivity index (χ4n) is 1.38. The molecule has 5 atom stereocenters. The quantitative estimate of drug-likeness (QED) is 0.204. The molecule has 0 saturated heterocycles. The van der Waals surface area contributed by atoms with E-state index in [0.29, 0.717) is 5.25 Å². The fourth-order valence-corrected chi connectivity index (χ4v) is 6.15. The molecule has 0 fully saturated rings. The van der Waals surface area contributed by atoms with Crippen LogP contribution in [0.5, 0.6) is 0 Å². The molecule has 0 N–H and O–H groups in total. The van der Waals surface area contributed by atoms with Crippen LogP contribution in [0, 0.1) is 0 Å². The summed E-state index contributed by atoms with van der Waals surface area (Å²) in [6, 6.07) is 0. The van der Waals surface area contributed by atoms with Crippen LogP contribution in [0.25, 0.3) is 0 Å². The van der Waals surface area contributed by atoms with E-state index in [-0.39, 0.29) is 21.0 Å². The normalized spacial score (nSPS) is 19.4. The first kappa shape index (κ1) is 22.8. The number of thioether (sulfide) groups is 2. The molecule has 122 valence electrons. The van der Waals surface area contributed by atoms with Crippen LogP contribution >= 0.6 is 99.3 Å². The maximum Gasteiger partial charge on any atom is 0.0269 e. The predicted octanol–water partition coefficient (Wildman–Crippen LogP) is 4.28. The van der Waals surface area contributed by atoms with Crippen molar-refractivity contribution in [1.82, 2.24) is 0 Å². The van der Waals surface area contributed by atoms with Gasteiger partial charge in [0.25, 0.3) is 0 Å². The van der Waals surface area contributed by atoms with Gasteiger partial charge in [-0.3, -0.25) is 0 Å². The first-order valence-corrected chi connectivity index (χ1v) is 12.1. The molecule has 8 heteroatoms. The summed E-state index contributed by atoms with van der Waals surface area (Å²) in [5, 5.41) is 1.20. The van der Waals surface area contributed by atoms with Crippen molar-refractivity contribution in [1.29, 1.82) is 0 Å². The summed E-state index contributed by atoms with van der Waals surface area (Å²) in [7, 11) is 0. The summed E-state index contributed by atoms with van der Waals surface area (Å²) in [6.07, 6.45) is 1.14. The van der Waals surface area contributed by atoms with Crippen LogP contribution in [-0.4, -0.2) is 55.0 Å². The van der Waals surface area contributed by atoms with Gasteiger partial charge < -0.3 is 0 Å². The summed E-state index contributed by atoms with van der Waals surface area (Å²) >= 11 is 31.1. The average Bonchev–Trinajstić information content (AvgIpc) is 2.41. The Morgan fingerprint density at radius 2 is 1.30 bits per heavy atom. The lowest BCUT2D eigenvalue weighted by molar-refractivity contribution is 0.783. The van der Waals surface area contributed by atoms with Crippen molar-refractivity contribution >= 4 is 99.3 Å². The van der Waals surface area contributed by atoms with Gasteiger partial charge in [-0.2, -0.15) is 99.3 Å². The molecule has 0 saturated carbocycles. The van der Waals surface area contributed by atoms with Gasteiger partial charge >= 0.3 is 0 Å². The monoisotopic (exact) mass is 426 g/mol. The second kappa shape index (κ2) is 14.2. The Bertz CT molecular complexity index is 226. The van der Waals surface area contributed by atoms with Gasteiger partial charge in [0.15, 0.2) is 0 Å². The minimum absolute atomic E-state index is 0.150. The molecule has 0 nitrogen and oxygen atoms in total. The third-order valence-corrected chi connectivity index (χ3v) is 9.34. The molecule has 0 aliphatic heterocycles. The summed E-state index contributed by atoms with van der Waals surface area (Å²) in [5.41, 5.74) is 0. The van der Waals surface area contributed by atoms with E-state index in [4.69, 9.17) is 25.3 Å². The van der Waals surface area contributed by atoms with Crippen LogP contribution in [0.4, 0.5) is 0 Å². The van der Waals surface area contributed by atoms with Crippen molar-refractivity contribution < 1.29 is 0 Å². The highest BCUT2D eigenvalue weighted by Gasteiger charge is 2.26. The van der Waals surface area contributed by atoms with Crippen molar-refractivity contribution in [2.75, 3.05) is 28.8 Å². The van der Waals surface area contributed by atoms with Crippen molar-refractivity contribution in [2.24, 2.45) is 0 Å². The zero-order chi connectivity index (χ0) is 15.5. The standard InChI is InChI=1S/C12H26S8/c1-8(14)5-20-7-10(16)12(18)11(17)9(15)6-19-4-2-3-13/h8-18H,2-7H2,1H3. The van der Waals surface area contributed by atoms with E-state index in [1.807, 2.05) is 23.5 Å². The highest BCUT2D eigenvalue weighted by atomic mass is 32.2. The number of rotatable bonds is 12. The second-order valence-corrected chi connectivity index (χ2v) is 10.7. The summed E-state index contributed by atoms with van der Waals surface area (Å²) < 4.78 is 0. The third kappa shape index (κ3) is 11.4. The van der Waals surface area contributed by atoms with Crippen molar-refractivity contribution in [3.63, 3.8) is 0 Å². The first-order valence-electron chi connectivity index (χ1n) is 6.56. The van der Waals surface area contributed by atoms with E-state index >= 15 is 0 Å². The fraction of sp³-hybridized carbons (Fsp3) is 1.00. The summed E-state index contributed by atoms with van der Waals surface area (Å²) in [6.45, 7) is 2.11. The third-order valence-electron chi connectivity index (χ3n) is 2.52. The van der Waals surface area contributed by atoms with Gasteiger partial charge in [0.1, 0.15) is 0 Å². The largest absolute Gasteiger partial charge is 0.179 e. The van der Waals surface area contributed by atoms with Crippen molar-refractivity contribution in [2.45, 2.75) is 39.6 Å². The zero-order valence-corrected chi connectivity index (χ0v) is 18.6. The second-order valence-electron chi connectivity index (χ2n) is 4.65. The highest BCUT2D eigenvalue weighted by molar-refractivity contribution is 8.01. The van der Waals surface area contributed by atoms with E-state index in [2.05, 4.69) is 57.4 Å². The Kier molecular flexibility index (Phi) is 16.2. The maximum absolute atomic E-state index is 4.69. The van der Waals surface area contributed by atoms with Gasteiger partial charge in [-0.05, 0) is 17.9 Å². The lowest BCUT2D eigenvalue weighted by Gasteiger charge is -2.28. The van der Waals surface area contributed by atoms with Crippen LogP contribution in [0.2, 0.25) is 0 Å². The lowest BCUT2D eigenvalue weighted by atomic mass is 10.2. The molecule has 0 spiro atoms. The van der Waals surface area contributed by atoms with E-state index in [1.165, 1.54) is 0 Å². The van der Waals surface area contributed by atoms with Crippen molar-refractivity contribution in [3.8, 4) is 0 Å². The summed E-state index contributed by atoms with van der Waals surface area (Å²) in [4.78, 5) is 0. The molecule has 5 unspecified atom stereocenters. The lowest BCUT2D eigenvalue weighted by Crippen LogP contribution is -2.35. The molecular formula is C12H26S8. The Balaban J connectivity index is 3.94. The molecule has 0 rings (SSSR count). The van der Waals surface area contributed by atoms with Crippen LogP contribution < -0.4 is 0 Å². The van der Waals surface area contributed by atoms with Gasteiger partial charge in [0.05, 0.1) is 0 Å². The molecular weight excluding hydrogens is 401 g/mol. The SMILES string of the molecule is CC(S)CSCC(S)C(S)C(S)C(S)CSCCCS. The molecule has 0 amide bonds. The smallest absolute Gasteiger partial charge is 0.0269 e. The number of hydrogen-bond donors (Lipinski definition) is 6. The molecule has 0 heterocycles. The topological polar surface area (TPSA) is 0 Å². The minimum Gasteiger partial charge on any atom is -0.179 e. The molecule has 20 heavy (non-hydrogen) atoms. The Morgan fingerprint density at radius 3 is 1.75 bits per heavy atom. The molecule has 0 aliphatic carbocycles. The molecule has 0 radical (unpaired) electrons. The predicted molar refractivity (Wildman–Crippen MR) is 123 cm³/mol. The van der Waals surface area contributed by atoms with Crippen LogP contribution in [0.3, 0.4) is 0 Å². The molecule has 0 aromatic carbocycles.